The molecule has 10 nitrogen and oxygen atoms in total. The summed E-state index contributed by atoms with van der Waals surface area (Å²) in [5.41, 5.74) is -2.41. The van der Waals surface area contributed by atoms with E-state index in [-0.39, 0.29) is 41.5 Å². The molecule has 246 valence electrons. The molecular weight excluding hydrogens is 616 g/mol. The largest absolute Gasteiger partial charge is 0.416 e. The Balaban J connectivity index is 1.68. The highest BCUT2D eigenvalue weighted by atomic mass is 19.4. The lowest BCUT2D eigenvalue weighted by Crippen LogP contribution is -2.46. The number of aliphatic imine (C=N–C) groups is 1. The number of guanidine groups is 1. The topological polar surface area (TPSA) is 135 Å². The molecule has 3 aromatic rings. The van der Waals surface area contributed by atoms with E-state index < -0.39 is 41.6 Å². The predicted octanol–water partition coefficient (Wildman–Crippen LogP) is 6.89. The van der Waals surface area contributed by atoms with Crippen LogP contribution in [0.15, 0.2) is 47.5 Å². The van der Waals surface area contributed by atoms with Crippen molar-refractivity contribution in [1.82, 2.24) is 25.5 Å². The minimum Gasteiger partial charge on any atom is -0.335 e. The van der Waals surface area contributed by atoms with Crippen molar-refractivity contribution in [3.63, 3.8) is 0 Å². The van der Waals surface area contributed by atoms with Crippen LogP contribution >= 0.6 is 0 Å². The Morgan fingerprint density at radius 2 is 1.59 bits per heavy atom. The van der Waals surface area contributed by atoms with Crippen LogP contribution in [0.1, 0.15) is 73.5 Å². The maximum Gasteiger partial charge on any atom is 0.416 e. The lowest BCUT2D eigenvalue weighted by molar-refractivity contribution is -0.143. The zero-order valence-electron chi connectivity index (χ0n) is 25.3. The van der Waals surface area contributed by atoms with Gasteiger partial charge in [-0.3, -0.25) is 10.1 Å². The van der Waals surface area contributed by atoms with E-state index in [0.29, 0.717) is 36.5 Å². The first-order valence-electron chi connectivity index (χ1n) is 14.4. The number of aromatic amines is 1. The number of benzene rings is 2. The minimum absolute atomic E-state index is 0.0150. The minimum atomic E-state index is -5.04. The summed E-state index contributed by atoms with van der Waals surface area (Å²) in [6.07, 6.45) is -7.04. The number of nitrogens with one attached hydrogen (secondary N) is 3. The third-order valence-corrected chi connectivity index (χ3v) is 7.92. The van der Waals surface area contributed by atoms with Crippen molar-refractivity contribution in [1.29, 1.82) is 5.26 Å². The first-order chi connectivity index (χ1) is 21.5. The van der Waals surface area contributed by atoms with Gasteiger partial charge in [-0.05, 0) is 78.1 Å². The fourth-order valence-electron chi connectivity index (χ4n) is 5.45. The SMILES string of the molecule is CC(C)(C)[C@H]1CC[C@H](N(Cc2ccc(C(=O)Nc3nn[nH]n3)cc2)/C(=N\CC#N)Nc2cc(C(F)(F)F)cc(C(F)(F)F)c2)CC1. The van der Waals surface area contributed by atoms with Gasteiger partial charge in [0.2, 0.25) is 0 Å². The lowest BCUT2D eigenvalue weighted by Gasteiger charge is -2.42. The van der Waals surface area contributed by atoms with Crippen molar-refractivity contribution < 1.29 is 31.1 Å². The van der Waals surface area contributed by atoms with Gasteiger partial charge in [0.25, 0.3) is 11.9 Å². The Labute approximate surface area is 261 Å². The summed E-state index contributed by atoms with van der Waals surface area (Å²) in [5.74, 6) is -0.132. The molecule has 0 saturated heterocycles. The number of H-pyrrole nitrogens is 1. The van der Waals surface area contributed by atoms with Gasteiger partial charge in [-0.2, -0.15) is 36.8 Å². The molecule has 1 fully saturated rings. The van der Waals surface area contributed by atoms with Crippen molar-refractivity contribution in [2.24, 2.45) is 16.3 Å². The van der Waals surface area contributed by atoms with E-state index in [1.807, 2.05) is 6.07 Å². The molecule has 0 bridgehead atoms. The zero-order chi connectivity index (χ0) is 33.7. The third kappa shape index (κ3) is 8.95. The quantitative estimate of drug-likeness (QED) is 0.110. The Kier molecular flexibility index (Phi) is 10.2. The Bertz CT molecular complexity index is 1520. The molecule has 0 spiro atoms. The van der Waals surface area contributed by atoms with E-state index in [4.69, 9.17) is 0 Å². The molecule has 0 unspecified atom stereocenters. The first-order valence-corrected chi connectivity index (χ1v) is 14.4. The lowest BCUT2D eigenvalue weighted by atomic mass is 9.71. The number of amides is 1. The van der Waals surface area contributed by atoms with Gasteiger partial charge in [0.1, 0.15) is 6.54 Å². The molecule has 2 aromatic carbocycles. The highest BCUT2D eigenvalue weighted by Crippen LogP contribution is 2.40. The number of nitrogens with zero attached hydrogens (tertiary/aromatic N) is 6. The van der Waals surface area contributed by atoms with Crippen molar-refractivity contribution >= 4 is 23.5 Å². The molecule has 46 heavy (non-hydrogen) atoms. The van der Waals surface area contributed by atoms with E-state index in [1.54, 1.807) is 29.2 Å². The second-order valence-corrected chi connectivity index (χ2v) is 12.1. The molecular formula is C30H33F6N9O. The second kappa shape index (κ2) is 13.8. The van der Waals surface area contributed by atoms with Crippen LogP contribution in [0.25, 0.3) is 0 Å². The summed E-state index contributed by atoms with van der Waals surface area (Å²) in [6, 6.07) is 9.36. The number of alkyl halides is 6. The highest BCUT2D eigenvalue weighted by Gasteiger charge is 2.38. The molecule has 1 heterocycles. The van der Waals surface area contributed by atoms with E-state index in [9.17, 15) is 36.4 Å². The number of hydrogen-bond acceptors (Lipinski definition) is 6. The zero-order valence-corrected chi connectivity index (χ0v) is 25.3. The van der Waals surface area contributed by atoms with E-state index in [1.165, 1.54) is 0 Å². The maximum atomic E-state index is 13.6. The molecule has 1 aromatic heterocycles. The van der Waals surface area contributed by atoms with Crippen LogP contribution in [0.2, 0.25) is 0 Å². The summed E-state index contributed by atoms with van der Waals surface area (Å²) in [7, 11) is 0. The number of hydrogen-bond donors (Lipinski definition) is 3. The molecule has 1 amide bonds. The number of anilines is 2. The summed E-state index contributed by atoms with van der Waals surface area (Å²) in [4.78, 5) is 18.6. The summed E-state index contributed by atoms with van der Waals surface area (Å²) >= 11 is 0. The molecule has 16 heteroatoms. The predicted molar refractivity (Wildman–Crippen MR) is 157 cm³/mol. The van der Waals surface area contributed by atoms with Gasteiger partial charge < -0.3 is 10.2 Å². The molecule has 3 N–H and O–H groups in total. The monoisotopic (exact) mass is 649 g/mol. The van der Waals surface area contributed by atoms with Crippen LogP contribution in [0.4, 0.5) is 38.0 Å². The fourth-order valence-corrected chi connectivity index (χ4v) is 5.45. The third-order valence-electron chi connectivity index (χ3n) is 7.92. The average Bonchev–Trinajstić information content (AvgIpc) is 3.50. The highest BCUT2D eigenvalue weighted by molar-refractivity contribution is 6.03. The van der Waals surface area contributed by atoms with Crippen LogP contribution in [-0.2, 0) is 18.9 Å². The summed E-state index contributed by atoms with van der Waals surface area (Å²) in [6.45, 7) is 6.20. The van der Waals surface area contributed by atoms with E-state index >= 15 is 0 Å². The van der Waals surface area contributed by atoms with E-state index in [0.717, 1.165) is 12.8 Å². The van der Waals surface area contributed by atoms with Gasteiger partial charge in [-0.15, -0.1) is 5.10 Å². The Morgan fingerprint density at radius 1 is 0.978 bits per heavy atom. The number of carbonyl (C=O) groups is 1. The van der Waals surface area contributed by atoms with Crippen LogP contribution in [0.3, 0.4) is 0 Å². The number of aromatic nitrogens is 4. The van der Waals surface area contributed by atoms with Gasteiger partial charge >= 0.3 is 12.4 Å². The summed E-state index contributed by atoms with van der Waals surface area (Å²) in [5, 5.41) is 27.4. The van der Waals surface area contributed by atoms with Gasteiger partial charge in [-0.25, -0.2) is 4.99 Å². The molecule has 0 atom stereocenters. The van der Waals surface area contributed by atoms with Crippen molar-refractivity contribution in [3.05, 3.63) is 64.7 Å². The Hall–Kier alpha value is -4.68. The second-order valence-electron chi connectivity index (χ2n) is 12.1. The van der Waals surface area contributed by atoms with Gasteiger partial charge in [-0.1, -0.05) is 38.0 Å². The molecule has 0 aliphatic heterocycles. The average molecular weight is 650 g/mol. The van der Waals surface area contributed by atoms with Crippen LogP contribution in [0, 0.1) is 22.7 Å². The normalized spacial score (nSPS) is 17.7. The molecule has 1 aliphatic carbocycles. The van der Waals surface area contributed by atoms with Gasteiger partial charge in [0.05, 0.1) is 17.2 Å². The van der Waals surface area contributed by atoms with Crippen LogP contribution in [0.5, 0.6) is 0 Å². The maximum absolute atomic E-state index is 13.6. The number of tetrazole rings is 1. The smallest absolute Gasteiger partial charge is 0.335 e. The summed E-state index contributed by atoms with van der Waals surface area (Å²) < 4.78 is 81.7. The molecule has 1 aliphatic rings. The van der Waals surface area contributed by atoms with E-state index in [2.05, 4.69) is 57.0 Å². The molecule has 4 rings (SSSR count). The molecule has 0 radical (unpaired) electrons. The van der Waals surface area contributed by atoms with Gasteiger partial charge in [0, 0.05) is 23.8 Å². The fraction of sp³-hybridized carbons (Fsp3) is 0.467. The van der Waals surface area contributed by atoms with Crippen LogP contribution < -0.4 is 10.6 Å². The van der Waals surface area contributed by atoms with Crippen molar-refractivity contribution in [3.8, 4) is 6.07 Å². The van der Waals surface area contributed by atoms with Crippen molar-refractivity contribution in [2.45, 2.75) is 71.4 Å². The standard InChI is InChI=1S/C30H33F6N9O/c1-28(2,3)20-8-10-24(11-9-20)45(17-18-4-6-19(7-5-18)25(46)40-26-41-43-44-42-26)27(38-13-12-37)39-23-15-21(29(31,32)33)14-22(16-23)30(34,35)36/h4-7,14-16,20,24H,8-11,13,17H2,1-3H3,(H,38,39)(H2,40,41,42,43,44,46)/t20-,24-. The number of halogens is 6. The number of rotatable bonds is 7. The van der Waals surface area contributed by atoms with Gasteiger partial charge in [0.15, 0.2) is 5.96 Å². The Morgan fingerprint density at radius 3 is 2.09 bits per heavy atom. The van der Waals surface area contributed by atoms with Crippen molar-refractivity contribution in [2.75, 3.05) is 17.2 Å². The number of carbonyl (C=O) groups excluding carboxylic acids is 1. The van der Waals surface area contributed by atoms with Crippen LogP contribution in [-0.4, -0.2) is 50.0 Å². The molecule has 1 saturated carbocycles. The number of nitriles is 1. The first kappa shape index (κ1) is 34.2.